The van der Waals surface area contributed by atoms with Crippen molar-refractivity contribution in [2.45, 2.75) is 71.4 Å². The van der Waals surface area contributed by atoms with E-state index in [0.717, 1.165) is 31.4 Å². The first-order valence-electron chi connectivity index (χ1n) is 9.96. The van der Waals surface area contributed by atoms with Crippen LogP contribution in [0.3, 0.4) is 0 Å². The molecule has 0 saturated heterocycles. The van der Waals surface area contributed by atoms with Crippen molar-refractivity contribution in [3.63, 3.8) is 0 Å². The van der Waals surface area contributed by atoms with E-state index in [4.69, 9.17) is 26.6 Å². The number of unbranched alkanes of at least 4 members (excludes halogenated alkanes) is 1. The quantitative estimate of drug-likeness (QED) is 0.263. The second-order valence-electron chi connectivity index (χ2n) is 8.36. The summed E-state index contributed by atoms with van der Waals surface area (Å²) in [6.45, 7) is 6.95. The van der Waals surface area contributed by atoms with Gasteiger partial charge in [-0.15, -0.1) is 0 Å². The first-order chi connectivity index (χ1) is 12.6. The standard InChI is InChI=1S/C19H44O6Si2/c1-19(2,3)17-18(14-12-16-27(23-7,24-8)25-9)13-10-11-15-26(20-4,21-5)22-6/h18H,10-17H2,1-9H3. The minimum Gasteiger partial charge on any atom is -0.377 e. The van der Waals surface area contributed by atoms with Crippen molar-refractivity contribution in [2.24, 2.45) is 11.3 Å². The van der Waals surface area contributed by atoms with Crippen LogP contribution in [-0.2, 0) is 26.6 Å². The summed E-state index contributed by atoms with van der Waals surface area (Å²) in [5.74, 6) is 0.686. The molecular weight excluding hydrogens is 380 g/mol. The summed E-state index contributed by atoms with van der Waals surface area (Å²) in [5, 5.41) is 0. The SMILES string of the molecule is CO[Si](CCCCC(CCC[Si](OC)(OC)OC)CC(C)(C)C)(OC)OC. The molecule has 0 aliphatic carbocycles. The van der Waals surface area contributed by atoms with Crippen molar-refractivity contribution >= 4 is 17.6 Å². The van der Waals surface area contributed by atoms with Crippen LogP contribution < -0.4 is 0 Å². The molecule has 1 atom stereocenters. The minimum absolute atomic E-state index is 0.326. The third-order valence-corrected chi connectivity index (χ3v) is 10.9. The van der Waals surface area contributed by atoms with Crippen LogP contribution in [0.15, 0.2) is 0 Å². The lowest BCUT2D eigenvalue weighted by atomic mass is 9.80. The summed E-state index contributed by atoms with van der Waals surface area (Å²) in [6.07, 6.45) is 6.89. The van der Waals surface area contributed by atoms with Crippen molar-refractivity contribution < 1.29 is 26.6 Å². The monoisotopic (exact) mass is 424 g/mol. The van der Waals surface area contributed by atoms with Crippen LogP contribution in [0.1, 0.15) is 59.3 Å². The predicted octanol–water partition coefficient (Wildman–Crippen LogP) is 4.75. The normalized spacial score (nSPS) is 14.6. The summed E-state index contributed by atoms with van der Waals surface area (Å²) in [5.41, 5.74) is 0.326. The number of hydrogen-bond acceptors (Lipinski definition) is 6. The van der Waals surface area contributed by atoms with E-state index in [9.17, 15) is 0 Å². The zero-order valence-electron chi connectivity index (χ0n) is 19.2. The number of hydrogen-bond donors (Lipinski definition) is 0. The van der Waals surface area contributed by atoms with E-state index in [1.807, 2.05) is 0 Å². The molecule has 0 heterocycles. The highest BCUT2D eigenvalue weighted by atomic mass is 28.4. The Bertz CT molecular complexity index is 351. The fraction of sp³-hybridized carbons (Fsp3) is 1.00. The summed E-state index contributed by atoms with van der Waals surface area (Å²) in [4.78, 5) is 0. The van der Waals surface area contributed by atoms with Gasteiger partial charge in [-0.3, -0.25) is 0 Å². The fourth-order valence-electron chi connectivity index (χ4n) is 3.71. The van der Waals surface area contributed by atoms with E-state index in [-0.39, 0.29) is 0 Å². The van der Waals surface area contributed by atoms with Crippen LogP contribution in [0.25, 0.3) is 0 Å². The van der Waals surface area contributed by atoms with Gasteiger partial charge < -0.3 is 26.6 Å². The van der Waals surface area contributed by atoms with Gasteiger partial charge >= 0.3 is 17.6 Å². The summed E-state index contributed by atoms with van der Waals surface area (Å²) >= 11 is 0. The molecule has 0 bridgehead atoms. The Morgan fingerprint density at radius 1 is 0.593 bits per heavy atom. The zero-order valence-corrected chi connectivity index (χ0v) is 21.2. The molecule has 27 heavy (non-hydrogen) atoms. The highest BCUT2D eigenvalue weighted by Crippen LogP contribution is 2.32. The Hall–Kier alpha value is 0.194. The van der Waals surface area contributed by atoms with Gasteiger partial charge in [-0.25, -0.2) is 0 Å². The molecule has 6 nitrogen and oxygen atoms in total. The highest BCUT2D eigenvalue weighted by molar-refractivity contribution is 6.60. The smallest absolute Gasteiger partial charge is 0.377 e. The highest BCUT2D eigenvalue weighted by Gasteiger charge is 2.38. The molecular formula is C19H44O6Si2. The van der Waals surface area contributed by atoms with Gasteiger partial charge in [-0.2, -0.15) is 0 Å². The molecule has 0 aromatic carbocycles. The average molecular weight is 425 g/mol. The number of rotatable bonds is 16. The molecule has 0 aliphatic rings. The second-order valence-corrected chi connectivity index (χ2v) is 14.5. The summed E-state index contributed by atoms with van der Waals surface area (Å²) < 4.78 is 33.2. The second kappa shape index (κ2) is 13.4. The lowest BCUT2D eigenvalue weighted by Gasteiger charge is -2.29. The van der Waals surface area contributed by atoms with E-state index in [0.29, 0.717) is 11.3 Å². The molecule has 0 rings (SSSR count). The predicted molar refractivity (Wildman–Crippen MR) is 114 cm³/mol. The molecule has 0 radical (unpaired) electrons. The van der Waals surface area contributed by atoms with E-state index in [2.05, 4.69) is 20.8 Å². The Balaban J connectivity index is 4.57. The van der Waals surface area contributed by atoms with Crippen LogP contribution in [0.2, 0.25) is 12.1 Å². The molecule has 164 valence electrons. The van der Waals surface area contributed by atoms with Crippen molar-refractivity contribution in [3.8, 4) is 0 Å². The Labute approximate surface area is 169 Å². The van der Waals surface area contributed by atoms with E-state index in [1.165, 1.54) is 19.3 Å². The Kier molecular flexibility index (Phi) is 13.5. The molecule has 0 aliphatic heterocycles. The first kappa shape index (κ1) is 27.2. The molecule has 0 saturated carbocycles. The van der Waals surface area contributed by atoms with Gasteiger partial charge in [0.2, 0.25) is 0 Å². The minimum atomic E-state index is -2.46. The third-order valence-electron chi connectivity index (χ3n) is 5.21. The fourth-order valence-corrected chi connectivity index (χ4v) is 7.25. The summed E-state index contributed by atoms with van der Waals surface area (Å²) in [6, 6.07) is 1.73. The Morgan fingerprint density at radius 2 is 0.963 bits per heavy atom. The maximum atomic E-state index is 5.55. The average Bonchev–Trinajstić information content (AvgIpc) is 2.65. The van der Waals surface area contributed by atoms with E-state index in [1.54, 1.807) is 42.7 Å². The van der Waals surface area contributed by atoms with Crippen molar-refractivity contribution in [3.05, 3.63) is 0 Å². The molecule has 0 aromatic heterocycles. The lowest BCUT2D eigenvalue weighted by Crippen LogP contribution is -2.42. The van der Waals surface area contributed by atoms with Gasteiger partial charge in [0.1, 0.15) is 0 Å². The van der Waals surface area contributed by atoms with Crippen LogP contribution in [0.4, 0.5) is 0 Å². The van der Waals surface area contributed by atoms with Crippen LogP contribution in [0, 0.1) is 11.3 Å². The van der Waals surface area contributed by atoms with Crippen molar-refractivity contribution in [2.75, 3.05) is 42.7 Å². The third kappa shape index (κ3) is 10.5. The van der Waals surface area contributed by atoms with Crippen LogP contribution in [0.5, 0.6) is 0 Å². The molecule has 0 spiro atoms. The molecule has 0 fully saturated rings. The van der Waals surface area contributed by atoms with Crippen molar-refractivity contribution in [1.82, 2.24) is 0 Å². The van der Waals surface area contributed by atoms with Crippen LogP contribution in [-0.4, -0.2) is 60.3 Å². The maximum absolute atomic E-state index is 5.55. The van der Waals surface area contributed by atoms with E-state index >= 15 is 0 Å². The molecule has 0 amide bonds. The van der Waals surface area contributed by atoms with Gasteiger partial charge in [0.05, 0.1) is 0 Å². The van der Waals surface area contributed by atoms with Gasteiger partial charge in [0.25, 0.3) is 0 Å². The maximum Gasteiger partial charge on any atom is 0.500 e. The van der Waals surface area contributed by atoms with Crippen molar-refractivity contribution in [1.29, 1.82) is 0 Å². The van der Waals surface area contributed by atoms with E-state index < -0.39 is 17.6 Å². The topological polar surface area (TPSA) is 55.4 Å². The van der Waals surface area contributed by atoms with Gasteiger partial charge in [-0.1, -0.05) is 40.0 Å². The lowest BCUT2D eigenvalue weighted by molar-refractivity contribution is 0.120. The molecule has 8 heteroatoms. The van der Waals surface area contributed by atoms with Gasteiger partial charge in [-0.05, 0) is 30.6 Å². The molecule has 1 unspecified atom stereocenters. The van der Waals surface area contributed by atoms with Gasteiger partial charge in [0.15, 0.2) is 0 Å². The molecule has 0 N–H and O–H groups in total. The molecule has 0 aromatic rings. The van der Waals surface area contributed by atoms with Gasteiger partial charge in [0, 0.05) is 54.7 Å². The summed E-state index contributed by atoms with van der Waals surface area (Å²) in [7, 11) is 5.18. The van der Waals surface area contributed by atoms with Crippen LogP contribution >= 0.6 is 0 Å². The zero-order chi connectivity index (χ0) is 21.0. The first-order valence-corrected chi connectivity index (χ1v) is 13.8. The Morgan fingerprint density at radius 3 is 1.33 bits per heavy atom. The largest absolute Gasteiger partial charge is 0.500 e.